The molecule has 0 aliphatic carbocycles. The van der Waals surface area contributed by atoms with E-state index in [1.807, 2.05) is 0 Å². The normalized spacial score (nSPS) is 25.1. The minimum atomic E-state index is -3.41. The van der Waals surface area contributed by atoms with Gasteiger partial charge in [-0.1, -0.05) is 0 Å². The van der Waals surface area contributed by atoms with Crippen molar-refractivity contribution in [3.8, 4) is 0 Å². The van der Waals surface area contributed by atoms with Gasteiger partial charge in [0, 0.05) is 26.2 Å². The summed E-state index contributed by atoms with van der Waals surface area (Å²) in [7, 11) is -3.41. The highest BCUT2D eigenvalue weighted by Crippen LogP contribution is 2.14. The highest BCUT2D eigenvalue weighted by molar-refractivity contribution is 7.88. The molecule has 2 aliphatic heterocycles. The summed E-state index contributed by atoms with van der Waals surface area (Å²) in [5, 5.41) is 0. The van der Waals surface area contributed by atoms with Crippen molar-refractivity contribution in [2.24, 2.45) is 11.7 Å². The highest BCUT2D eigenvalue weighted by Gasteiger charge is 2.32. The minimum Gasteiger partial charge on any atom is -0.369 e. The molecule has 22 heavy (non-hydrogen) atoms. The average Bonchev–Trinajstić information content (AvgIpc) is 2.79. The molecule has 0 aromatic heterocycles. The Morgan fingerprint density at radius 1 is 1.09 bits per heavy atom. The molecule has 0 aromatic carbocycles. The summed E-state index contributed by atoms with van der Waals surface area (Å²) < 4.78 is 24.7. The van der Waals surface area contributed by atoms with Gasteiger partial charge < -0.3 is 10.6 Å². The Labute approximate surface area is 131 Å². The Bertz CT molecular complexity index is 530. The number of carbonyl (C=O) groups is 2. The molecular formula is C13H24N4O4S. The van der Waals surface area contributed by atoms with Crippen LogP contribution in [0.3, 0.4) is 0 Å². The first-order chi connectivity index (χ1) is 10.3. The molecule has 2 saturated heterocycles. The number of carbonyl (C=O) groups excluding carboxylic acids is 2. The Balaban J connectivity index is 2.05. The molecule has 8 nitrogen and oxygen atoms in total. The molecule has 0 radical (unpaired) electrons. The molecule has 0 spiro atoms. The number of nitrogens with zero attached hydrogens (tertiary/aromatic N) is 3. The average molecular weight is 332 g/mol. The molecule has 2 aliphatic rings. The van der Waals surface area contributed by atoms with E-state index in [4.69, 9.17) is 5.73 Å². The maximum atomic E-state index is 12.4. The van der Waals surface area contributed by atoms with Gasteiger partial charge in [0.25, 0.3) is 0 Å². The molecule has 1 atom stereocenters. The van der Waals surface area contributed by atoms with Crippen LogP contribution in [0.1, 0.15) is 12.8 Å². The molecule has 2 heterocycles. The van der Waals surface area contributed by atoms with Crippen molar-refractivity contribution in [3.63, 3.8) is 0 Å². The molecule has 126 valence electrons. The van der Waals surface area contributed by atoms with E-state index in [9.17, 15) is 18.0 Å². The lowest BCUT2D eigenvalue weighted by atomic mass is 10.1. The lowest BCUT2D eigenvalue weighted by Gasteiger charge is -2.25. The zero-order chi connectivity index (χ0) is 16.3. The molecular weight excluding hydrogens is 308 g/mol. The maximum absolute atomic E-state index is 12.4. The molecule has 2 N–H and O–H groups in total. The van der Waals surface area contributed by atoms with Crippen molar-refractivity contribution >= 4 is 21.8 Å². The first-order valence-corrected chi connectivity index (χ1v) is 9.37. The number of rotatable bonds is 4. The highest BCUT2D eigenvalue weighted by atomic mass is 32.2. The molecule has 0 bridgehead atoms. The van der Waals surface area contributed by atoms with E-state index in [0.717, 1.165) is 32.2 Å². The molecule has 0 saturated carbocycles. The first kappa shape index (κ1) is 17.2. The fourth-order valence-electron chi connectivity index (χ4n) is 2.92. The standard InChI is InChI=1S/C13H24N4O4S/c1-22(20,21)17-7-6-16(8-11(9-17)13(14)19)12(18)10-15-4-2-3-5-15/h11H,2-10H2,1H3,(H2,14,19)/t11-/m1/s1. The molecule has 0 aromatic rings. The van der Waals surface area contributed by atoms with Crippen molar-refractivity contribution in [2.45, 2.75) is 12.8 Å². The van der Waals surface area contributed by atoms with Gasteiger partial charge in [-0.05, 0) is 25.9 Å². The fourth-order valence-corrected chi connectivity index (χ4v) is 3.79. The lowest BCUT2D eigenvalue weighted by Crippen LogP contribution is -2.44. The van der Waals surface area contributed by atoms with E-state index >= 15 is 0 Å². The summed E-state index contributed by atoms with van der Waals surface area (Å²) in [4.78, 5) is 27.6. The van der Waals surface area contributed by atoms with E-state index in [-0.39, 0.29) is 25.5 Å². The number of primary amides is 1. The van der Waals surface area contributed by atoms with E-state index in [1.165, 1.54) is 4.31 Å². The minimum absolute atomic E-state index is 0.0433. The Hall–Kier alpha value is -1.19. The number of hydrogen-bond acceptors (Lipinski definition) is 5. The third kappa shape index (κ3) is 4.40. The van der Waals surface area contributed by atoms with Crippen molar-refractivity contribution in [2.75, 3.05) is 52.1 Å². The smallest absolute Gasteiger partial charge is 0.236 e. The quantitative estimate of drug-likeness (QED) is 0.660. The van der Waals surface area contributed by atoms with Crippen LogP contribution in [-0.4, -0.2) is 86.4 Å². The van der Waals surface area contributed by atoms with Gasteiger partial charge in [-0.2, -0.15) is 4.31 Å². The first-order valence-electron chi connectivity index (χ1n) is 7.52. The van der Waals surface area contributed by atoms with Crippen molar-refractivity contribution in [1.82, 2.24) is 14.1 Å². The number of nitrogens with two attached hydrogens (primary N) is 1. The summed E-state index contributed by atoms with van der Waals surface area (Å²) >= 11 is 0. The van der Waals surface area contributed by atoms with Crippen LogP contribution in [0.25, 0.3) is 0 Å². The van der Waals surface area contributed by atoms with Crippen LogP contribution in [0.2, 0.25) is 0 Å². The van der Waals surface area contributed by atoms with E-state index in [1.54, 1.807) is 4.90 Å². The summed E-state index contributed by atoms with van der Waals surface area (Å²) in [6.07, 6.45) is 3.30. The van der Waals surface area contributed by atoms with Gasteiger partial charge in [-0.15, -0.1) is 0 Å². The van der Waals surface area contributed by atoms with E-state index in [2.05, 4.69) is 4.90 Å². The van der Waals surface area contributed by atoms with Crippen LogP contribution in [0.4, 0.5) is 0 Å². The third-order valence-corrected chi connectivity index (χ3v) is 5.54. The van der Waals surface area contributed by atoms with E-state index in [0.29, 0.717) is 13.1 Å². The molecule has 9 heteroatoms. The molecule has 2 fully saturated rings. The maximum Gasteiger partial charge on any atom is 0.236 e. The topological polar surface area (TPSA) is 104 Å². The number of amides is 2. The van der Waals surface area contributed by atoms with Gasteiger partial charge in [0.15, 0.2) is 0 Å². The van der Waals surface area contributed by atoms with Crippen LogP contribution in [-0.2, 0) is 19.6 Å². The SMILES string of the molecule is CS(=O)(=O)N1CCN(C(=O)CN2CCCC2)C[C@@H](C(N)=O)C1. The van der Waals surface area contributed by atoms with Crippen LogP contribution >= 0.6 is 0 Å². The molecule has 0 unspecified atom stereocenters. The van der Waals surface area contributed by atoms with Gasteiger partial charge in [0.05, 0.1) is 18.7 Å². The second kappa shape index (κ2) is 6.93. The molecule has 2 amide bonds. The van der Waals surface area contributed by atoms with Crippen molar-refractivity contribution in [3.05, 3.63) is 0 Å². The lowest BCUT2D eigenvalue weighted by molar-refractivity contribution is -0.133. The largest absolute Gasteiger partial charge is 0.369 e. The Morgan fingerprint density at radius 3 is 2.27 bits per heavy atom. The number of hydrogen-bond donors (Lipinski definition) is 1. The fraction of sp³-hybridized carbons (Fsp3) is 0.846. The summed E-state index contributed by atoms with van der Waals surface area (Å²) in [6, 6.07) is 0. The summed E-state index contributed by atoms with van der Waals surface area (Å²) in [5.41, 5.74) is 5.36. The van der Waals surface area contributed by atoms with Crippen LogP contribution in [0, 0.1) is 5.92 Å². The number of likely N-dealkylation sites (tertiary alicyclic amines) is 1. The van der Waals surface area contributed by atoms with Gasteiger partial charge in [-0.3, -0.25) is 14.5 Å². The van der Waals surface area contributed by atoms with Gasteiger partial charge >= 0.3 is 0 Å². The Morgan fingerprint density at radius 2 is 1.73 bits per heavy atom. The predicted molar refractivity (Wildman–Crippen MR) is 81.4 cm³/mol. The van der Waals surface area contributed by atoms with E-state index < -0.39 is 21.8 Å². The predicted octanol–water partition coefficient (Wildman–Crippen LogP) is -1.71. The number of sulfonamides is 1. The third-order valence-electron chi connectivity index (χ3n) is 4.27. The second-order valence-corrected chi connectivity index (χ2v) is 8.03. The van der Waals surface area contributed by atoms with Crippen LogP contribution < -0.4 is 5.73 Å². The van der Waals surface area contributed by atoms with Gasteiger partial charge in [0.2, 0.25) is 21.8 Å². The molecule has 2 rings (SSSR count). The zero-order valence-corrected chi connectivity index (χ0v) is 13.7. The second-order valence-electron chi connectivity index (χ2n) is 6.04. The monoisotopic (exact) mass is 332 g/mol. The van der Waals surface area contributed by atoms with Crippen molar-refractivity contribution < 1.29 is 18.0 Å². The van der Waals surface area contributed by atoms with Crippen molar-refractivity contribution in [1.29, 1.82) is 0 Å². The Kier molecular flexibility index (Phi) is 5.41. The zero-order valence-electron chi connectivity index (χ0n) is 12.9. The summed E-state index contributed by atoms with van der Waals surface area (Å²) in [6.45, 7) is 2.88. The van der Waals surface area contributed by atoms with Gasteiger partial charge in [0.1, 0.15) is 0 Å². The van der Waals surface area contributed by atoms with Crippen LogP contribution in [0.5, 0.6) is 0 Å². The van der Waals surface area contributed by atoms with Crippen LogP contribution in [0.15, 0.2) is 0 Å². The van der Waals surface area contributed by atoms with Gasteiger partial charge in [-0.25, -0.2) is 8.42 Å². The summed E-state index contributed by atoms with van der Waals surface area (Å²) in [5.74, 6) is -1.31.